The number of carbonyl (C=O) groups is 1. The van der Waals surface area contributed by atoms with Crippen LogP contribution in [0.25, 0.3) is 5.65 Å². The highest BCUT2D eigenvalue weighted by Crippen LogP contribution is 2.31. The lowest BCUT2D eigenvalue weighted by molar-refractivity contribution is 0.0691. The fourth-order valence-electron chi connectivity index (χ4n) is 4.83. The second-order valence-corrected chi connectivity index (χ2v) is 9.45. The maximum absolute atomic E-state index is 13.6. The van der Waals surface area contributed by atoms with Crippen molar-refractivity contribution in [3.8, 4) is 0 Å². The van der Waals surface area contributed by atoms with Crippen LogP contribution in [0.3, 0.4) is 0 Å². The molecule has 184 valence electrons. The number of nitrogens with zero attached hydrogens (tertiary/aromatic N) is 4. The summed E-state index contributed by atoms with van der Waals surface area (Å²) >= 11 is 5.92. The van der Waals surface area contributed by atoms with Crippen molar-refractivity contribution in [1.82, 2.24) is 14.4 Å². The SMILES string of the molecule is CCc1c(N2Cc3ccccc3C2)nc2c([C@@H](C)Nc3ccc(Cl)nc3C(=O)O)cc(C)cn2c1=O. The van der Waals surface area contributed by atoms with Crippen LogP contribution in [0.2, 0.25) is 5.15 Å². The highest BCUT2D eigenvalue weighted by atomic mass is 35.5. The summed E-state index contributed by atoms with van der Waals surface area (Å²) in [6.07, 6.45) is 2.36. The minimum absolute atomic E-state index is 0.0926. The van der Waals surface area contributed by atoms with Crippen LogP contribution in [0, 0.1) is 6.92 Å². The number of rotatable bonds is 6. The largest absolute Gasteiger partial charge is 0.476 e. The van der Waals surface area contributed by atoms with Crippen LogP contribution in [0.5, 0.6) is 0 Å². The van der Waals surface area contributed by atoms with Crippen LogP contribution in [-0.4, -0.2) is 25.4 Å². The van der Waals surface area contributed by atoms with E-state index in [1.54, 1.807) is 16.7 Å². The molecule has 4 aromatic rings. The molecule has 2 N–H and O–H groups in total. The summed E-state index contributed by atoms with van der Waals surface area (Å²) in [6, 6.07) is 13.0. The Kier molecular flexibility index (Phi) is 6.14. The maximum Gasteiger partial charge on any atom is 0.356 e. The van der Waals surface area contributed by atoms with Crippen molar-refractivity contribution in [2.24, 2.45) is 0 Å². The number of hydrogen-bond donors (Lipinski definition) is 2. The Morgan fingerprint density at radius 1 is 1.17 bits per heavy atom. The van der Waals surface area contributed by atoms with Gasteiger partial charge in [-0.3, -0.25) is 9.20 Å². The molecule has 4 heterocycles. The summed E-state index contributed by atoms with van der Waals surface area (Å²) in [7, 11) is 0. The fraction of sp³-hybridized carbons (Fsp3) is 0.259. The number of anilines is 2. The Bertz CT molecular complexity index is 1540. The molecule has 0 saturated carbocycles. The molecule has 36 heavy (non-hydrogen) atoms. The normalized spacial score (nSPS) is 13.6. The van der Waals surface area contributed by atoms with Gasteiger partial charge in [0.2, 0.25) is 0 Å². The number of hydrogen-bond acceptors (Lipinski definition) is 6. The van der Waals surface area contributed by atoms with Gasteiger partial charge in [-0.1, -0.05) is 42.8 Å². The molecular formula is C27H26ClN5O3. The first kappa shape index (κ1) is 23.8. The molecule has 0 radical (unpaired) electrons. The lowest BCUT2D eigenvalue weighted by Gasteiger charge is -2.23. The number of fused-ring (bicyclic) bond motifs is 2. The van der Waals surface area contributed by atoms with Crippen molar-refractivity contribution in [2.75, 3.05) is 10.2 Å². The summed E-state index contributed by atoms with van der Waals surface area (Å²) in [5.74, 6) is -0.491. The van der Waals surface area contributed by atoms with Gasteiger partial charge in [0.25, 0.3) is 5.56 Å². The minimum Gasteiger partial charge on any atom is -0.476 e. The number of carboxylic acids is 1. The second kappa shape index (κ2) is 9.28. The first-order valence-electron chi connectivity index (χ1n) is 11.8. The van der Waals surface area contributed by atoms with Gasteiger partial charge in [0.05, 0.1) is 17.3 Å². The number of benzene rings is 1. The maximum atomic E-state index is 13.6. The molecule has 0 amide bonds. The molecule has 0 fully saturated rings. The van der Waals surface area contributed by atoms with E-state index < -0.39 is 5.97 Å². The van der Waals surface area contributed by atoms with Gasteiger partial charge in [0, 0.05) is 24.8 Å². The van der Waals surface area contributed by atoms with Gasteiger partial charge in [0.15, 0.2) is 5.69 Å². The number of aromatic carboxylic acids is 1. The summed E-state index contributed by atoms with van der Waals surface area (Å²) in [5.41, 5.74) is 5.42. The molecule has 5 rings (SSSR count). The molecule has 1 aliphatic heterocycles. The third kappa shape index (κ3) is 4.18. The fourth-order valence-corrected chi connectivity index (χ4v) is 4.98. The van der Waals surface area contributed by atoms with Crippen molar-refractivity contribution in [3.63, 3.8) is 0 Å². The van der Waals surface area contributed by atoms with Crippen molar-refractivity contribution in [1.29, 1.82) is 0 Å². The summed E-state index contributed by atoms with van der Waals surface area (Å²) in [4.78, 5) is 36.5. The van der Waals surface area contributed by atoms with Crippen LogP contribution in [-0.2, 0) is 19.5 Å². The number of aromatic nitrogens is 3. The van der Waals surface area contributed by atoms with E-state index in [1.165, 1.54) is 17.2 Å². The highest BCUT2D eigenvalue weighted by Gasteiger charge is 2.26. The van der Waals surface area contributed by atoms with Crippen LogP contribution in [0.1, 0.15) is 58.2 Å². The van der Waals surface area contributed by atoms with Crippen LogP contribution >= 0.6 is 11.6 Å². The molecule has 0 saturated heterocycles. The minimum atomic E-state index is -1.18. The zero-order valence-electron chi connectivity index (χ0n) is 20.2. The van der Waals surface area contributed by atoms with Gasteiger partial charge in [-0.05, 0) is 55.2 Å². The predicted molar refractivity (Wildman–Crippen MR) is 140 cm³/mol. The highest BCUT2D eigenvalue weighted by molar-refractivity contribution is 6.29. The third-order valence-electron chi connectivity index (χ3n) is 6.56. The Morgan fingerprint density at radius 3 is 2.50 bits per heavy atom. The molecule has 0 spiro atoms. The topological polar surface area (TPSA) is 99.8 Å². The third-order valence-corrected chi connectivity index (χ3v) is 6.77. The molecule has 1 atom stereocenters. The van der Waals surface area contributed by atoms with Gasteiger partial charge in [0.1, 0.15) is 16.6 Å². The Labute approximate surface area is 213 Å². The smallest absolute Gasteiger partial charge is 0.356 e. The average molecular weight is 504 g/mol. The molecule has 8 nitrogen and oxygen atoms in total. The van der Waals surface area contributed by atoms with Crippen molar-refractivity contribution in [3.05, 3.63) is 97.7 Å². The van der Waals surface area contributed by atoms with E-state index in [0.29, 0.717) is 42.2 Å². The molecule has 3 aromatic heterocycles. The quantitative estimate of drug-likeness (QED) is 0.357. The van der Waals surface area contributed by atoms with Gasteiger partial charge in [-0.25, -0.2) is 14.8 Å². The van der Waals surface area contributed by atoms with E-state index in [4.69, 9.17) is 16.6 Å². The van der Waals surface area contributed by atoms with Crippen molar-refractivity contribution in [2.45, 2.75) is 46.3 Å². The molecule has 0 unspecified atom stereocenters. The number of halogens is 1. The monoisotopic (exact) mass is 503 g/mol. The van der Waals surface area contributed by atoms with Crippen LogP contribution in [0.15, 0.2) is 53.5 Å². The van der Waals surface area contributed by atoms with Gasteiger partial charge in [-0.15, -0.1) is 0 Å². The lowest BCUT2D eigenvalue weighted by Crippen LogP contribution is -2.28. The van der Waals surface area contributed by atoms with E-state index in [2.05, 4.69) is 27.3 Å². The summed E-state index contributed by atoms with van der Waals surface area (Å²) in [6.45, 7) is 7.18. The molecule has 1 aliphatic rings. The Balaban J connectivity index is 1.62. The first-order valence-corrected chi connectivity index (χ1v) is 12.2. The Morgan fingerprint density at radius 2 is 1.86 bits per heavy atom. The van der Waals surface area contributed by atoms with Gasteiger partial charge in [-0.2, -0.15) is 0 Å². The molecule has 1 aromatic carbocycles. The summed E-state index contributed by atoms with van der Waals surface area (Å²) in [5, 5.41) is 12.9. The summed E-state index contributed by atoms with van der Waals surface area (Å²) < 4.78 is 1.60. The number of pyridine rings is 2. The zero-order chi connectivity index (χ0) is 25.6. The molecule has 0 aliphatic carbocycles. The van der Waals surface area contributed by atoms with E-state index in [1.807, 2.05) is 39.0 Å². The van der Waals surface area contributed by atoms with Crippen molar-refractivity contribution < 1.29 is 9.90 Å². The number of carboxylic acid groups (broad SMARTS) is 1. The van der Waals surface area contributed by atoms with E-state index in [9.17, 15) is 14.7 Å². The second-order valence-electron chi connectivity index (χ2n) is 9.07. The molecule has 9 heteroatoms. The van der Waals surface area contributed by atoms with Crippen LogP contribution < -0.4 is 15.8 Å². The number of aryl methyl sites for hydroxylation is 1. The number of nitrogens with one attached hydrogen (secondary N) is 1. The standard InChI is InChI=1S/C27H26ClN5O3/c1-4-19-24(32-13-17-7-5-6-8-18(17)14-32)31-25-20(11-15(2)12-33(25)26(19)34)16(3)29-21-9-10-22(28)30-23(21)27(35)36/h5-12,16,29H,4,13-14H2,1-3H3,(H,35,36)/t16-/m1/s1. The lowest BCUT2D eigenvalue weighted by atomic mass is 10.1. The van der Waals surface area contributed by atoms with Crippen molar-refractivity contribution >= 4 is 34.7 Å². The van der Waals surface area contributed by atoms with Crippen LogP contribution in [0.4, 0.5) is 11.5 Å². The Hall–Kier alpha value is -3.91. The van der Waals surface area contributed by atoms with E-state index >= 15 is 0 Å². The van der Waals surface area contributed by atoms with E-state index in [-0.39, 0.29) is 22.4 Å². The zero-order valence-corrected chi connectivity index (χ0v) is 21.0. The van der Waals surface area contributed by atoms with E-state index in [0.717, 1.165) is 11.1 Å². The molecule has 0 bridgehead atoms. The first-order chi connectivity index (χ1) is 17.3. The predicted octanol–water partition coefficient (Wildman–Crippen LogP) is 5.01. The molecular weight excluding hydrogens is 478 g/mol. The van der Waals surface area contributed by atoms with Gasteiger partial charge >= 0.3 is 5.97 Å². The average Bonchev–Trinajstić information content (AvgIpc) is 3.29. The van der Waals surface area contributed by atoms with Gasteiger partial charge < -0.3 is 15.3 Å².